The lowest BCUT2D eigenvalue weighted by Crippen LogP contribution is -2.07. The van der Waals surface area contributed by atoms with E-state index in [9.17, 15) is 8.78 Å². The Labute approximate surface area is 117 Å². The average Bonchev–Trinajstić information content (AvgIpc) is 2.40. The van der Waals surface area contributed by atoms with Crippen LogP contribution in [0.4, 0.5) is 20.2 Å². The first-order chi connectivity index (χ1) is 9.61. The lowest BCUT2D eigenvalue weighted by atomic mass is 10.0. The number of hydrogen-bond acceptors (Lipinski definition) is 2. The van der Waals surface area contributed by atoms with E-state index >= 15 is 0 Å². The van der Waals surface area contributed by atoms with Crippen molar-refractivity contribution in [3.05, 3.63) is 59.2 Å². The van der Waals surface area contributed by atoms with Gasteiger partial charge in [0.15, 0.2) is 0 Å². The van der Waals surface area contributed by atoms with Crippen LogP contribution in [0.2, 0.25) is 0 Å². The molecule has 2 aromatic rings. The van der Waals surface area contributed by atoms with Crippen molar-refractivity contribution >= 4 is 11.4 Å². The lowest BCUT2D eigenvalue weighted by Gasteiger charge is -2.14. The summed E-state index contributed by atoms with van der Waals surface area (Å²) in [5, 5.41) is 3.02. The topological polar surface area (TPSA) is 38.0 Å². The van der Waals surface area contributed by atoms with Gasteiger partial charge in [-0.05, 0) is 29.7 Å². The highest BCUT2D eigenvalue weighted by Crippen LogP contribution is 2.26. The Hall–Kier alpha value is -2.10. The van der Waals surface area contributed by atoms with E-state index in [1.165, 1.54) is 6.07 Å². The van der Waals surface area contributed by atoms with Crippen LogP contribution in [-0.2, 0) is 6.42 Å². The van der Waals surface area contributed by atoms with Crippen LogP contribution in [0.3, 0.4) is 0 Å². The number of nitrogen functional groups attached to an aromatic ring is 1. The second-order valence-electron chi connectivity index (χ2n) is 4.72. The van der Waals surface area contributed by atoms with E-state index in [0.29, 0.717) is 29.9 Å². The van der Waals surface area contributed by atoms with Gasteiger partial charge in [0.25, 0.3) is 0 Å². The van der Waals surface area contributed by atoms with Crippen LogP contribution in [0.1, 0.15) is 24.5 Å². The Morgan fingerprint density at radius 1 is 1.10 bits per heavy atom. The average molecular weight is 276 g/mol. The summed E-state index contributed by atoms with van der Waals surface area (Å²) >= 11 is 0. The molecule has 0 heterocycles. The molecule has 0 aliphatic heterocycles. The quantitative estimate of drug-likeness (QED) is 0.811. The van der Waals surface area contributed by atoms with Crippen molar-refractivity contribution in [3.63, 3.8) is 0 Å². The van der Waals surface area contributed by atoms with E-state index in [-0.39, 0.29) is 0 Å². The van der Waals surface area contributed by atoms with Crippen LogP contribution < -0.4 is 11.1 Å². The maximum atomic E-state index is 13.9. The molecule has 0 unspecified atom stereocenters. The van der Waals surface area contributed by atoms with Crippen molar-refractivity contribution in [2.45, 2.75) is 19.8 Å². The Morgan fingerprint density at radius 3 is 2.55 bits per heavy atom. The van der Waals surface area contributed by atoms with Gasteiger partial charge in [0.1, 0.15) is 11.6 Å². The molecule has 2 rings (SSSR count). The maximum Gasteiger partial charge on any atom is 0.149 e. The Morgan fingerprint density at radius 2 is 1.85 bits per heavy atom. The number of benzene rings is 2. The summed E-state index contributed by atoms with van der Waals surface area (Å²) < 4.78 is 27.3. The zero-order valence-corrected chi connectivity index (χ0v) is 11.4. The van der Waals surface area contributed by atoms with Gasteiger partial charge in [0, 0.05) is 24.7 Å². The van der Waals surface area contributed by atoms with Crippen LogP contribution in [0.25, 0.3) is 0 Å². The monoisotopic (exact) mass is 276 g/mol. The van der Waals surface area contributed by atoms with Crippen molar-refractivity contribution in [2.24, 2.45) is 0 Å². The first-order valence-electron chi connectivity index (χ1n) is 6.67. The molecule has 0 amide bonds. The second-order valence-corrected chi connectivity index (χ2v) is 4.72. The predicted molar refractivity (Wildman–Crippen MR) is 78.8 cm³/mol. The third kappa shape index (κ3) is 3.26. The highest BCUT2D eigenvalue weighted by atomic mass is 19.1. The number of para-hydroxylation sites is 1. The highest BCUT2D eigenvalue weighted by Gasteiger charge is 2.12. The molecule has 0 aliphatic carbocycles. The third-order valence-corrected chi connectivity index (χ3v) is 3.12. The van der Waals surface area contributed by atoms with Gasteiger partial charge in [-0.2, -0.15) is 0 Å². The molecular formula is C16H18F2N2. The normalized spacial score (nSPS) is 10.6. The molecule has 0 aliphatic rings. The zero-order valence-electron chi connectivity index (χ0n) is 11.4. The van der Waals surface area contributed by atoms with Crippen LogP contribution in [0.5, 0.6) is 0 Å². The van der Waals surface area contributed by atoms with Crippen LogP contribution in [0.15, 0.2) is 36.4 Å². The molecule has 0 saturated carbocycles. The van der Waals surface area contributed by atoms with Gasteiger partial charge in [-0.15, -0.1) is 0 Å². The van der Waals surface area contributed by atoms with E-state index in [4.69, 9.17) is 5.73 Å². The van der Waals surface area contributed by atoms with Crippen LogP contribution in [-0.4, -0.2) is 6.54 Å². The van der Waals surface area contributed by atoms with Crippen LogP contribution >= 0.6 is 0 Å². The predicted octanol–water partition coefficient (Wildman–Crippen LogP) is 3.96. The fourth-order valence-corrected chi connectivity index (χ4v) is 2.11. The molecule has 0 aromatic heterocycles. The summed E-state index contributed by atoms with van der Waals surface area (Å²) in [6.07, 6.45) is 1.26. The number of hydrogen-bond donors (Lipinski definition) is 2. The molecule has 2 aromatic carbocycles. The fourth-order valence-electron chi connectivity index (χ4n) is 2.11. The minimum Gasteiger partial charge on any atom is -0.398 e. The molecular weight excluding hydrogens is 258 g/mol. The minimum atomic E-state index is -0.575. The highest BCUT2D eigenvalue weighted by molar-refractivity contribution is 5.57. The van der Waals surface area contributed by atoms with Crippen molar-refractivity contribution in [2.75, 3.05) is 17.6 Å². The summed E-state index contributed by atoms with van der Waals surface area (Å²) in [6.45, 7) is 2.63. The van der Waals surface area contributed by atoms with E-state index in [1.54, 1.807) is 6.07 Å². The maximum absolute atomic E-state index is 13.9. The number of halogens is 2. The molecule has 0 atom stereocenters. The summed E-state index contributed by atoms with van der Waals surface area (Å²) in [4.78, 5) is 0. The van der Waals surface area contributed by atoms with Gasteiger partial charge >= 0.3 is 0 Å². The van der Waals surface area contributed by atoms with Gasteiger partial charge in [-0.3, -0.25) is 0 Å². The number of anilines is 2. The van der Waals surface area contributed by atoms with Crippen LogP contribution in [0, 0.1) is 11.6 Å². The Kier molecular flexibility index (Phi) is 4.56. The van der Waals surface area contributed by atoms with Gasteiger partial charge in [0.2, 0.25) is 0 Å². The molecule has 2 nitrogen and oxygen atoms in total. The molecule has 0 radical (unpaired) electrons. The van der Waals surface area contributed by atoms with Crippen molar-refractivity contribution in [3.8, 4) is 0 Å². The first kappa shape index (κ1) is 14.3. The molecule has 0 saturated heterocycles. The Bertz CT molecular complexity index is 597. The number of nitrogens with one attached hydrogen (secondary N) is 1. The molecule has 4 heteroatoms. The molecule has 0 fully saturated rings. The molecule has 3 N–H and O–H groups in total. The summed E-state index contributed by atoms with van der Waals surface area (Å²) in [6, 6.07) is 9.59. The number of rotatable bonds is 5. The minimum absolute atomic E-state index is 0.358. The molecule has 0 spiro atoms. The van der Waals surface area contributed by atoms with E-state index in [1.807, 2.05) is 25.1 Å². The summed E-state index contributed by atoms with van der Waals surface area (Å²) in [5.41, 5.74) is 8.30. The number of nitrogens with two attached hydrogens (primary N) is 1. The van der Waals surface area contributed by atoms with Gasteiger partial charge in [0.05, 0.1) is 5.69 Å². The van der Waals surface area contributed by atoms with E-state index in [2.05, 4.69) is 5.32 Å². The van der Waals surface area contributed by atoms with Gasteiger partial charge in [-0.25, -0.2) is 8.78 Å². The summed E-state index contributed by atoms with van der Waals surface area (Å²) in [7, 11) is 0. The zero-order chi connectivity index (χ0) is 14.5. The molecule has 0 bridgehead atoms. The Balaban J connectivity index is 2.37. The first-order valence-corrected chi connectivity index (χ1v) is 6.67. The standard InChI is InChI=1S/C16H18F2N2/c1-2-7-20-16-12(9-13(17)10-14(16)18)8-11-5-3-4-6-15(11)19/h3-6,9-10,20H,2,7-8,19H2,1H3. The molecule has 106 valence electrons. The second kappa shape index (κ2) is 6.37. The van der Waals surface area contributed by atoms with Crippen molar-refractivity contribution in [1.82, 2.24) is 0 Å². The van der Waals surface area contributed by atoms with Crippen molar-refractivity contribution in [1.29, 1.82) is 0 Å². The molecule has 20 heavy (non-hydrogen) atoms. The van der Waals surface area contributed by atoms with Crippen molar-refractivity contribution < 1.29 is 8.78 Å². The van der Waals surface area contributed by atoms with E-state index in [0.717, 1.165) is 18.1 Å². The lowest BCUT2D eigenvalue weighted by molar-refractivity contribution is 0.582. The smallest absolute Gasteiger partial charge is 0.149 e. The largest absolute Gasteiger partial charge is 0.398 e. The fraction of sp³-hybridized carbons (Fsp3) is 0.250. The van der Waals surface area contributed by atoms with Gasteiger partial charge < -0.3 is 11.1 Å². The third-order valence-electron chi connectivity index (χ3n) is 3.12. The van der Waals surface area contributed by atoms with E-state index < -0.39 is 11.6 Å². The SMILES string of the molecule is CCCNc1c(F)cc(F)cc1Cc1ccccc1N. The summed E-state index contributed by atoms with van der Waals surface area (Å²) in [5.74, 6) is -1.14. The van der Waals surface area contributed by atoms with Gasteiger partial charge in [-0.1, -0.05) is 25.1 Å².